The van der Waals surface area contributed by atoms with Gasteiger partial charge in [-0.15, -0.1) is 0 Å². The number of phenols is 1. The number of aromatic hydroxyl groups is 1. The molecule has 0 spiro atoms. The van der Waals surface area contributed by atoms with E-state index in [0.717, 1.165) is 17.5 Å². The minimum atomic E-state index is -3.53. The van der Waals surface area contributed by atoms with Crippen molar-refractivity contribution in [2.24, 2.45) is 0 Å². The van der Waals surface area contributed by atoms with E-state index in [2.05, 4.69) is 0 Å². The topological polar surface area (TPSA) is 54.4 Å². The maximum atomic E-state index is 12.6. The van der Waals surface area contributed by atoms with Gasteiger partial charge in [-0.1, -0.05) is 26.0 Å². The lowest BCUT2D eigenvalue weighted by Crippen LogP contribution is -2.06. The summed E-state index contributed by atoms with van der Waals surface area (Å²) in [5.41, 5.74) is 1.96. The fourth-order valence-electron chi connectivity index (χ4n) is 2.14. The molecule has 1 N–H and O–H groups in total. The highest BCUT2D eigenvalue weighted by Crippen LogP contribution is 2.26. The molecule has 0 aromatic heterocycles. The van der Waals surface area contributed by atoms with Crippen molar-refractivity contribution in [2.75, 3.05) is 0 Å². The highest BCUT2D eigenvalue weighted by Gasteiger charge is 2.20. The summed E-state index contributed by atoms with van der Waals surface area (Å²) in [6, 6.07) is 11.1. The summed E-state index contributed by atoms with van der Waals surface area (Å²) in [6.07, 6.45) is 1.55. The van der Waals surface area contributed by atoms with E-state index in [0.29, 0.717) is 11.3 Å². The first-order valence-corrected chi connectivity index (χ1v) is 8.13. The van der Waals surface area contributed by atoms with E-state index in [1.807, 2.05) is 26.0 Å². The van der Waals surface area contributed by atoms with E-state index in [1.165, 1.54) is 24.3 Å². The van der Waals surface area contributed by atoms with Crippen LogP contribution in [0.1, 0.15) is 25.0 Å². The summed E-state index contributed by atoms with van der Waals surface area (Å²) in [4.78, 5) is 0.553. The first kappa shape index (κ1) is 14.6. The van der Waals surface area contributed by atoms with Crippen molar-refractivity contribution in [1.29, 1.82) is 0 Å². The molecule has 0 atom stereocenters. The van der Waals surface area contributed by atoms with Crippen LogP contribution in [0.2, 0.25) is 0 Å². The van der Waals surface area contributed by atoms with Gasteiger partial charge in [-0.3, -0.25) is 0 Å². The lowest BCUT2D eigenvalue weighted by molar-refractivity contribution is 0.475. The molecule has 0 aliphatic heterocycles. The molecule has 0 amide bonds. The highest BCUT2D eigenvalue weighted by molar-refractivity contribution is 7.91. The maximum Gasteiger partial charge on any atom is 0.206 e. The second kappa shape index (κ2) is 5.67. The van der Waals surface area contributed by atoms with Gasteiger partial charge in [-0.2, -0.15) is 0 Å². The molecule has 3 nitrogen and oxygen atoms in total. The summed E-state index contributed by atoms with van der Waals surface area (Å²) in [5.74, 6) is 0.0565. The Morgan fingerprint density at radius 1 is 0.950 bits per heavy atom. The Morgan fingerprint density at radius 3 is 2.15 bits per heavy atom. The first-order valence-electron chi connectivity index (χ1n) is 6.65. The third kappa shape index (κ3) is 2.70. The Labute approximate surface area is 119 Å². The Hall–Kier alpha value is -1.81. The van der Waals surface area contributed by atoms with Crippen LogP contribution in [-0.4, -0.2) is 13.5 Å². The highest BCUT2D eigenvalue weighted by atomic mass is 32.2. The van der Waals surface area contributed by atoms with Crippen LogP contribution in [0, 0.1) is 0 Å². The normalized spacial score (nSPS) is 11.5. The summed E-state index contributed by atoms with van der Waals surface area (Å²) >= 11 is 0. The van der Waals surface area contributed by atoms with Gasteiger partial charge in [0.2, 0.25) is 9.84 Å². The molecule has 0 bridgehead atoms. The van der Waals surface area contributed by atoms with E-state index >= 15 is 0 Å². The van der Waals surface area contributed by atoms with Crippen molar-refractivity contribution in [3.8, 4) is 5.75 Å². The van der Waals surface area contributed by atoms with E-state index in [4.69, 9.17) is 0 Å². The predicted molar refractivity (Wildman–Crippen MR) is 78.8 cm³/mol. The van der Waals surface area contributed by atoms with Crippen LogP contribution < -0.4 is 0 Å². The number of phenolic OH excluding ortho intramolecular Hbond substituents is 1. The van der Waals surface area contributed by atoms with E-state index < -0.39 is 9.84 Å². The number of hydrogen-bond acceptors (Lipinski definition) is 3. The van der Waals surface area contributed by atoms with Gasteiger partial charge in [-0.05, 0) is 54.3 Å². The van der Waals surface area contributed by atoms with Crippen molar-refractivity contribution in [1.82, 2.24) is 0 Å². The Bertz CT molecular complexity index is 701. The zero-order valence-electron chi connectivity index (χ0n) is 11.6. The predicted octanol–water partition coefficient (Wildman–Crippen LogP) is 3.35. The molecule has 0 aliphatic carbocycles. The average Bonchev–Trinajstić information content (AvgIpc) is 2.46. The summed E-state index contributed by atoms with van der Waals surface area (Å²) < 4.78 is 25.3. The minimum absolute atomic E-state index is 0.0565. The van der Waals surface area contributed by atoms with Crippen LogP contribution in [0.3, 0.4) is 0 Å². The van der Waals surface area contributed by atoms with Crippen LogP contribution in [0.4, 0.5) is 0 Å². The van der Waals surface area contributed by atoms with Crippen LogP contribution in [0.15, 0.2) is 52.3 Å². The largest absolute Gasteiger partial charge is 0.508 e. The fourth-order valence-corrected chi connectivity index (χ4v) is 3.69. The Kier molecular flexibility index (Phi) is 4.14. The molecule has 0 saturated carbocycles. The first-order chi connectivity index (χ1) is 9.48. The molecule has 0 aliphatic rings. The minimum Gasteiger partial charge on any atom is -0.508 e. The zero-order valence-corrected chi connectivity index (χ0v) is 12.4. The molecule has 20 heavy (non-hydrogen) atoms. The standard InChI is InChI=1S/C16H18O3S/c1-3-12-5-10-16(13(4-2)11-12)20(18,19)15-8-6-14(17)7-9-15/h5-11,17H,3-4H2,1-2H3. The Morgan fingerprint density at radius 2 is 1.60 bits per heavy atom. The average molecular weight is 290 g/mol. The number of hydrogen-bond donors (Lipinski definition) is 1. The van der Waals surface area contributed by atoms with Crippen molar-refractivity contribution in [2.45, 2.75) is 36.5 Å². The molecule has 0 heterocycles. The smallest absolute Gasteiger partial charge is 0.206 e. The van der Waals surface area contributed by atoms with Gasteiger partial charge < -0.3 is 5.11 Å². The molecule has 2 aromatic carbocycles. The number of benzene rings is 2. The maximum absolute atomic E-state index is 12.6. The SMILES string of the molecule is CCc1ccc(S(=O)(=O)c2ccc(O)cc2)c(CC)c1. The van der Waals surface area contributed by atoms with Gasteiger partial charge in [0.25, 0.3) is 0 Å². The van der Waals surface area contributed by atoms with Gasteiger partial charge in [-0.25, -0.2) is 8.42 Å². The third-order valence-corrected chi connectivity index (χ3v) is 5.22. The second-order valence-electron chi connectivity index (χ2n) is 4.65. The molecule has 0 radical (unpaired) electrons. The molecule has 4 heteroatoms. The van der Waals surface area contributed by atoms with Gasteiger partial charge >= 0.3 is 0 Å². The van der Waals surface area contributed by atoms with Gasteiger partial charge in [0.15, 0.2) is 0 Å². The molecule has 0 unspecified atom stereocenters. The number of rotatable bonds is 4. The molecule has 2 rings (SSSR count). The molecular formula is C16H18O3S. The van der Waals surface area contributed by atoms with Crippen LogP contribution >= 0.6 is 0 Å². The van der Waals surface area contributed by atoms with Gasteiger partial charge in [0, 0.05) is 0 Å². The van der Waals surface area contributed by atoms with Gasteiger partial charge in [0.1, 0.15) is 5.75 Å². The lowest BCUT2D eigenvalue weighted by atomic mass is 10.1. The van der Waals surface area contributed by atoms with Crippen molar-refractivity contribution < 1.29 is 13.5 Å². The van der Waals surface area contributed by atoms with E-state index in [-0.39, 0.29) is 10.6 Å². The summed E-state index contributed by atoms with van der Waals surface area (Å²) in [7, 11) is -3.53. The molecule has 2 aromatic rings. The Balaban J connectivity index is 2.57. The molecule has 0 saturated heterocycles. The quantitative estimate of drug-likeness (QED) is 0.939. The van der Waals surface area contributed by atoms with E-state index in [9.17, 15) is 13.5 Å². The van der Waals surface area contributed by atoms with E-state index in [1.54, 1.807) is 6.07 Å². The summed E-state index contributed by atoms with van der Waals surface area (Å²) in [5, 5.41) is 9.27. The second-order valence-corrected chi connectivity index (χ2v) is 6.56. The van der Waals surface area contributed by atoms with Gasteiger partial charge in [0.05, 0.1) is 9.79 Å². The monoisotopic (exact) mass is 290 g/mol. The fraction of sp³-hybridized carbons (Fsp3) is 0.250. The number of aryl methyl sites for hydroxylation is 2. The van der Waals surface area contributed by atoms with Crippen molar-refractivity contribution in [3.63, 3.8) is 0 Å². The molecule has 106 valence electrons. The van der Waals surface area contributed by atoms with Crippen molar-refractivity contribution in [3.05, 3.63) is 53.6 Å². The zero-order chi connectivity index (χ0) is 14.8. The summed E-state index contributed by atoms with van der Waals surface area (Å²) in [6.45, 7) is 3.99. The van der Waals surface area contributed by atoms with Crippen LogP contribution in [0.25, 0.3) is 0 Å². The lowest BCUT2D eigenvalue weighted by Gasteiger charge is -2.11. The van der Waals surface area contributed by atoms with Crippen LogP contribution in [0.5, 0.6) is 5.75 Å². The van der Waals surface area contributed by atoms with Crippen LogP contribution in [-0.2, 0) is 22.7 Å². The molecule has 0 fully saturated rings. The number of sulfone groups is 1. The molecular weight excluding hydrogens is 272 g/mol. The third-order valence-electron chi connectivity index (χ3n) is 3.35. The van der Waals surface area contributed by atoms with Crippen molar-refractivity contribution >= 4 is 9.84 Å².